The zero-order valence-electron chi connectivity index (χ0n) is 11.9. The van der Waals surface area contributed by atoms with Gasteiger partial charge in [-0.25, -0.2) is 0 Å². The number of nitrogens with one attached hydrogen (secondary N) is 1. The summed E-state index contributed by atoms with van der Waals surface area (Å²) in [5.74, 6) is 1.16. The monoisotopic (exact) mass is 305 g/mol. The van der Waals surface area contributed by atoms with Crippen LogP contribution in [0.5, 0.6) is 11.5 Å². The summed E-state index contributed by atoms with van der Waals surface area (Å²) < 4.78 is 10.4. The van der Waals surface area contributed by atoms with Crippen molar-refractivity contribution >= 4 is 23.2 Å². The first-order chi connectivity index (χ1) is 10.2. The van der Waals surface area contributed by atoms with Gasteiger partial charge in [0.1, 0.15) is 11.5 Å². The van der Waals surface area contributed by atoms with Gasteiger partial charge in [0.2, 0.25) is 0 Å². The number of para-hydroxylation sites is 1. The largest absolute Gasteiger partial charge is 0.497 e. The second kappa shape index (κ2) is 6.99. The number of alkyl halides is 1. The minimum atomic E-state index is -0.257. The van der Waals surface area contributed by atoms with Crippen LogP contribution in [0, 0.1) is 0 Å². The molecule has 5 heteroatoms. The van der Waals surface area contributed by atoms with Crippen molar-refractivity contribution in [2.75, 3.05) is 19.5 Å². The van der Waals surface area contributed by atoms with Gasteiger partial charge < -0.3 is 14.8 Å². The second-order valence-corrected chi connectivity index (χ2v) is 4.58. The Labute approximate surface area is 128 Å². The van der Waals surface area contributed by atoms with Crippen molar-refractivity contribution in [1.82, 2.24) is 0 Å². The molecule has 0 heterocycles. The minimum Gasteiger partial charge on any atom is -0.497 e. The first kappa shape index (κ1) is 15.2. The third-order valence-electron chi connectivity index (χ3n) is 3.06. The number of carbonyl (C=O) groups excluding carboxylic acids is 1. The van der Waals surface area contributed by atoms with Crippen LogP contribution in [0.25, 0.3) is 0 Å². The number of rotatable bonds is 5. The summed E-state index contributed by atoms with van der Waals surface area (Å²) in [5, 5.41) is 2.85. The van der Waals surface area contributed by atoms with Crippen molar-refractivity contribution in [2.24, 2.45) is 0 Å². The molecule has 0 aromatic heterocycles. The summed E-state index contributed by atoms with van der Waals surface area (Å²) in [6.07, 6.45) is 0. The Hall–Kier alpha value is -2.20. The molecule has 21 heavy (non-hydrogen) atoms. The van der Waals surface area contributed by atoms with Crippen molar-refractivity contribution in [3.8, 4) is 11.5 Å². The summed E-state index contributed by atoms with van der Waals surface area (Å²) in [6.45, 7) is 0. The van der Waals surface area contributed by atoms with Crippen LogP contribution in [-0.2, 0) is 5.88 Å². The molecule has 0 atom stereocenters. The lowest BCUT2D eigenvalue weighted by molar-refractivity contribution is 0.102. The average Bonchev–Trinajstić information content (AvgIpc) is 2.54. The summed E-state index contributed by atoms with van der Waals surface area (Å²) in [6, 6.07) is 12.4. The van der Waals surface area contributed by atoms with E-state index in [9.17, 15) is 4.79 Å². The van der Waals surface area contributed by atoms with Crippen LogP contribution in [0.3, 0.4) is 0 Å². The SMILES string of the molecule is COc1ccc(C(=O)Nc2ccccc2CCl)c(OC)c1. The molecule has 0 saturated heterocycles. The predicted molar refractivity (Wildman–Crippen MR) is 83.5 cm³/mol. The smallest absolute Gasteiger partial charge is 0.259 e. The van der Waals surface area contributed by atoms with E-state index < -0.39 is 0 Å². The average molecular weight is 306 g/mol. The number of amides is 1. The first-order valence-electron chi connectivity index (χ1n) is 6.37. The highest BCUT2D eigenvalue weighted by Gasteiger charge is 2.14. The molecule has 0 unspecified atom stereocenters. The van der Waals surface area contributed by atoms with Crippen molar-refractivity contribution in [3.05, 3.63) is 53.6 Å². The van der Waals surface area contributed by atoms with Gasteiger partial charge in [0.25, 0.3) is 5.91 Å². The number of methoxy groups -OCH3 is 2. The molecular formula is C16H16ClNO3. The summed E-state index contributed by atoms with van der Waals surface area (Å²) in [7, 11) is 3.07. The van der Waals surface area contributed by atoms with Crippen LogP contribution in [-0.4, -0.2) is 20.1 Å². The molecule has 1 N–H and O–H groups in total. The molecule has 0 fully saturated rings. The lowest BCUT2D eigenvalue weighted by Crippen LogP contribution is -2.14. The molecule has 2 aromatic rings. The van der Waals surface area contributed by atoms with Crippen LogP contribution in [0.15, 0.2) is 42.5 Å². The predicted octanol–water partition coefficient (Wildman–Crippen LogP) is 3.69. The molecule has 0 bridgehead atoms. The summed E-state index contributed by atoms with van der Waals surface area (Å²) >= 11 is 5.87. The van der Waals surface area contributed by atoms with Crippen molar-refractivity contribution in [2.45, 2.75) is 5.88 Å². The summed E-state index contributed by atoms with van der Waals surface area (Å²) in [5.41, 5.74) is 1.98. The molecule has 1 amide bonds. The summed E-state index contributed by atoms with van der Waals surface area (Å²) in [4.78, 5) is 12.4. The Bertz CT molecular complexity index is 643. The standard InChI is InChI=1S/C16H16ClNO3/c1-20-12-7-8-13(15(9-12)21-2)16(19)18-14-6-4-3-5-11(14)10-17/h3-9H,10H2,1-2H3,(H,18,19). The van der Waals surface area contributed by atoms with E-state index in [4.69, 9.17) is 21.1 Å². The van der Waals surface area contributed by atoms with E-state index in [2.05, 4.69) is 5.32 Å². The zero-order chi connectivity index (χ0) is 15.2. The van der Waals surface area contributed by atoms with E-state index in [0.29, 0.717) is 28.6 Å². The van der Waals surface area contributed by atoms with Gasteiger partial charge in [-0.3, -0.25) is 4.79 Å². The van der Waals surface area contributed by atoms with Crippen LogP contribution < -0.4 is 14.8 Å². The van der Waals surface area contributed by atoms with Gasteiger partial charge in [-0.1, -0.05) is 18.2 Å². The molecule has 0 radical (unpaired) electrons. The molecule has 110 valence electrons. The number of anilines is 1. The third kappa shape index (κ3) is 3.47. The van der Waals surface area contributed by atoms with Crippen LogP contribution in [0.4, 0.5) is 5.69 Å². The van der Waals surface area contributed by atoms with Crippen molar-refractivity contribution in [1.29, 1.82) is 0 Å². The number of carbonyl (C=O) groups is 1. The van der Waals surface area contributed by atoms with Gasteiger partial charge in [-0.2, -0.15) is 0 Å². The van der Waals surface area contributed by atoms with E-state index in [1.807, 2.05) is 24.3 Å². The minimum absolute atomic E-state index is 0.257. The van der Waals surface area contributed by atoms with E-state index in [0.717, 1.165) is 5.56 Å². The molecule has 0 saturated carbocycles. The van der Waals surface area contributed by atoms with Crippen molar-refractivity contribution in [3.63, 3.8) is 0 Å². The number of hydrogen-bond donors (Lipinski definition) is 1. The van der Waals surface area contributed by atoms with Gasteiger partial charge >= 0.3 is 0 Å². The maximum absolute atomic E-state index is 12.4. The Kier molecular flexibility index (Phi) is 5.06. The molecule has 0 aliphatic heterocycles. The van der Waals surface area contributed by atoms with Crippen LogP contribution in [0.1, 0.15) is 15.9 Å². The van der Waals surface area contributed by atoms with Gasteiger partial charge in [0, 0.05) is 17.6 Å². The van der Waals surface area contributed by atoms with E-state index in [1.54, 1.807) is 25.3 Å². The van der Waals surface area contributed by atoms with Crippen molar-refractivity contribution < 1.29 is 14.3 Å². The number of benzene rings is 2. The van der Waals surface area contributed by atoms with E-state index >= 15 is 0 Å². The highest BCUT2D eigenvalue weighted by atomic mass is 35.5. The molecule has 2 rings (SSSR count). The highest BCUT2D eigenvalue weighted by Crippen LogP contribution is 2.26. The molecule has 0 aliphatic carbocycles. The highest BCUT2D eigenvalue weighted by molar-refractivity contribution is 6.17. The molecule has 2 aromatic carbocycles. The Morgan fingerprint density at radius 3 is 2.57 bits per heavy atom. The normalized spacial score (nSPS) is 10.0. The second-order valence-electron chi connectivity index (χ2n) is 4.31. The quantitative estimate of drug-likeness (QED) is 0.857. The Morgan fingerprint density at radius 2 is 1.90 bits per heavy atom. The fourth-order valence-corrected chi connectivity index (χ4v) is 2.17. The molecule has 4 nitrogen and oxygen atoms in total. The van der Waals surface area contributed by atoms with E-state index in [1.165, 1.54) is 7.11 Å². The molecule has 0 aliphatic rings. The van der Waals surface area contributed by atoms with E-state index in [-0.39, 0.29) is 5.91 Å². The lowest BCUT2D eigenvalue weighted by atomic mass is 10.1. The topological polar surface area (TPSA) is 47.6 Å². The maximum Gasteiger partial charge on any atom is 0.259 e. The lowest BCUT2D eigenvalue weighted by Gasteiger charge is -2.12. The fraction of sp³-hybridized carbons (Fsp3) is 0.188. The van der Waals surface area contributed by atoms with Gasteiger partial charge in [-0.15, -0.1) is 11.6 Å². The first-order valence-corrected chi connectivity index (χ1v) is 6.90. The van der Waals surface area contributed by atoms with Gasteiger partial charge in [-0.05, 0) is 23.8 Å². The number of hydrogen-bond acceptors (Lipinski definition) is 3. The van der Waals surface area contributed by atoms with Gasteiger partial charge in [0.15, 0.2) is 0 Å². The maximum atomic E-state index is 12.4. The van der Waals surface area contributed by atoms with Crippen LogP contribution in [0.2, 0.25) is 0 Å². The number of halogens is 1. The molecule has 0 spiro atoms. The van der Waals surface area contributed by atoms with Gasteiger partial charge in [0.05, 0.1) is 19.8 Å². The van der Waals surface area contributed by atoms with Crippen LogP contribution >= 0.6 is 11.6 Å². The zero-order valence-corrected chi connectivity index (χ0v) is 12.6. The third-order valence-corrected chi connectivity index (χ3v) is 3.35. The fourth-order valence-electron chi connectivity index (χ4n) is 1.93. The Morgan fingerprint density at radius 1 is 1.14 bits per heavy atom. The molecular weight excluding hydrogens is 290 g/mol. The Balaban J connectivity index is 2.28. The number of ether oxygens (including phenoxy) is 2.